The van der Waals surface area contributed by atoms with Crippen molar-refractivity contribution in [3.63, 3.8) is 0 Å². The Balaban J connectivity index is 2.13. The summed E-state index contributed by atoms with van der Waals surface area (Å²) in [5.74, 6) is 0.0569. The van der Waals surface area contributed by atoms with Gasteiger partial charge in [0.2, 0.25) is 5.91 Å². The highest BCUT2D eigenvalue weighted by Gasteiger charge is 2.35. The van der Waals surface area contributed by atoms with Gasteiger partial charge in [0, 0.05) is 36.3 Å². The molecule has 1 amide bonds. The Morgan fingerprint density at radius 2 is 2.05 bits per heavy atom. The van der Waals surface area contributed by atoms with E-state index in [1.165, 1.54) is 0 Å². The van der Waals surface area contributed by atoms with Crippen LogP contribution in [0.1, 0.15) is 26.3 Å². The van der Waals surface area contributed by atoms with Crippen molar-refractivity contribution >= 4 is 27.5 Å². The molecule has 1 aromatic rings. The van der Waals surface area contributed by atoms with Crippen molar-refractivity contribution in [3.8, 4) is 0 Å². The number of hydrogen-bond acceptors (Lipinski definition) is 3. The fourth-order valence-corrected chi connectivity index (χ4v) is 3.03. The molecule has 1 aliphatic heterocycles. The van der Waals surface area contributed by atoms with Gasteiger partial charge >= 0.3 is 0 Å². The lowest BCUT2D eigenvalue weighted by atomic mass is 9.99. The van der Waals surface area contributed by atoms with Gasteiger partial charge in [-0.2, -0.15) is 0 Å². The molecule has 1 heterocycles. The van der Waals surface area contributed by atoms with Crippen LogP contribution in [0.2, 0.25) is 0 Å². The molecule has 116 valence electrons. The van der Waals surface area contributed by atoms with Gasteiger partial charge in [-0.3, -0.25) is 9.69 Å². The number of nitrogens with zero attached hydrogens (tertiary/aromatic N) is 1. The molecule has 0 aromatic heterocycles. The third-order valence-corrected chi connectivity index (χ3v) is 4.65. The largest absolute Gasteiger partial charge is 0.324 e. The average molecular weight is 354 g/mol. The fraction of sp³-hybridized carbons (Fsp3) is 0.562. The van der Waals surface area contributed by atoms with E-state index in [9.17, 15) is 4.79 Å². The first-order valence-electron chi connectivity index (χ1n) is 7.50. The Labute approximate surface area is 135 Å². The molecule has 1 fully saturated rings. The van der Waals surface area contributed by atoms with Gasteiger partial charge in [0.15, 0.2) is 0 Å². The third kappa shape index (κ3) is 3.84. The highest BCUT2D eigenvalue weighted by atomic mass is 79.9. The second-order valence-electron chi connectivity index (χ2n) is 5.91. The lowest BCUT2D eigenvalue weighted by Gasteiger charge is -2.39. The average Bonchev–Trinajstić information content (AvgIpc) is 2.49. The highest BCUT2D eigenvalue weighted by Crippen LogP contribution is 2.24. The van der Waals surface area contributed by atoms with Crippen LogP contribution in [0.4, 0.5) is 5.69 Å². The summed E-state index contributed by atoms with van der Waals surface area (Å²) in [5.41, 5.74) is 1.56. The van der Waals surface area contributed by atoms with Crippen LogP contribution in [0.25, 0.3) is 0 Å². The number of rotatable bonds is 4. The molecule has 0 spiro atoms. The van der Waals surface area contributed by atoms with E-state index in [1.807, 2.05) is 26.0 Å². The van der Waals surface area contributed by atoms with E-state index >= 15 is 0 Å². The van der Waals surface area contributed by atoms with Crippen molar-refractivity contribution in [2.75, 3.05) is 31.5 Å². The molecular formula is C16H24BrN3O. The van der Waals surface area contributed by atoms with Gasteiger partial charge in [-0.25, -0.2) is 0 Å². The minimum atomic E-state index is -0.500. The molecule has 2 rings (SSSR count). The summed E-state index contributed by atoms with van der Waals surface area (Å²) < 4.78 is 1.04. The van der Waals surface area contributed by atoms with E-state index in [0.717, 1.165) is 48.3 Å². The molecule has 0 saturated carbocycles. The number of aryl methyl sites for hydroxylation is 1. The zero-order valence-electron chi connectivity index (χ0n) is 13.0. The van der Waals surface area contributed by atoms with Crippen LogP contribution in [-0.2, 0) is 11.2 Å². The van der Waals surface area contributed by atoms with Crippen LogP contribution >= 0.6 is 15.9 Å². The number of carbonyl (C=O) groups is 1. The molecule has 1 aliphatic rings. The second-order valence-corrected chi connectivity index (χ2v) is 6.82. The van der Waals surface area contributed by atoms with Crippen LogP contribution in [0.3, 0.4) is 0 Å². The number of carbonyl (C=O) groups excluding carboxylic acids is 1. The summed E-state index contributed by atoms with van der Waals surface area (Å²) >= 11 is 3.48. The molecule has 0 unspecified atom stereocenters. The molecule has 5 heteroatoms. The number of amides is 1. The number of hydrogen-bond donors (Lipinski definition) is 2. The predicted molar refractivity (Wildman–Crippen MR) is 90.7 cm³/mol. The van der Waals surface area contributed by atoms with Gasteiger partial charge < -0.3 is 10.6 Å². The maximum Gasteiger partial charge on any atom is 0.244 e. The Morgan fingerprint density at radius 1 is 1.38 bits per heavy atom. The molecule has 0 atom stereocenters. The van der Waals surface area contributed by atoms with Crippen LogP contribution in [0, 0.1) is 0 Å². The summed E-state index contributed by atoms with van der Waals surface area (Å²) in [5, 5.41) is 6.43. The van der Waals surface area contributed by atoms with Gasteiger partial charge in [0.05, 0.1) is 5.54 Å². The Hall–Kier alpha value is -0.910. The van der Waals surface area contributed by atoms with E-state index in [4.69, 9.17) is 0 Å². The Bertz CT molecular complexity index is 510. The Kier molecular flexibility index (Phi) is 5.41. The van der Waals surface area contributed by atoms with Crippen LogP contribution in [-0.4, -0.2) is 42.5 Å². The molecule has 2 N–H and O–H groups in total. The standard InChI is InChI=1S/C16H24BrN3O/c1-4-12-11-13(17)5-6-14(12)19-15(21)16(2,3)20-9-7-18-8-10-20/h5-6,11,18H,4,7-10H2,1-3H3,(H,19,21). The van der Waals surface area contributed by atoms with Crippen LogP contribution in [0.5, 0.6) is 0 Å². The van der Waals surface area contributed by atoms with E-state index in [2.05, 4.69) is 44.5 Å². The van der Waals surface area contributed by atoms with Crippen LogP contribution in [0.15, 0.2) is 22.7 Å². The molecule has 21 heavy (non-hydrogen) atoms. The van der Waals surface area contributed by atoms with Crippen molar-refractivity contribution in [1.82, 2.24) is 10.2 Å². The number of nitrogens with one attached hydrogen (secondary N) is 2. The maximum absolute atomic E-state index is 12.7. The normalized spacial score (nSPS) is 16.8. The smallest absolute Gasteiger partial charge is 0.244 e. The van der Waals surface area contributed by atoms with E-state index in [0.29, 0.717) is 0 Å². The fourth-order valence-electron chi connectivity index (χ4n) is 2.62. The summed E-state index contributed by atoms with van der Waals surface area (Å²) in [6.45, 7) is 9.78. The zero-order valence-corrected chi connectivity index (χ0v) is 14.6. The molecule has 0 aliphatic carbocycles. The SMILES string of the molecule is CCc1cc(Br)ccc1NC(=O)C(C)(C)N1CCNCC1. The minimum Gasteiger partial charge on any atom is -0.324 e. The van der Waals surface area contributed by atoms with Crippen LogP contribution < -0.4 is 10.6 Å². The topological polar surface area (TPSA) is 44.4 Å². The first kappa shape index (κ1) is 16.5. The lowest BCUT2D eigenvalue weighted by molar-refractivity contribution is -0.126. The molecule has 0 bridgehead atoms. The summed E-state index contributed by atoms with van der Waals surface area (Å²) in [6, 6.07) is 5.99. The molecule has 1 aromatic carbocycles. The number of benzene rings is 1. The molecule has 1 saturated heterocycles. The van der Waals surface area contributed by atoms with Gasteiger partial charge in [-0.15, -0.1) is 0 Å². The Morgan fingerprint density at radius 3 is 2.67 bits per heavy atom. The summed E-state index contributed by atoms with van der Waals surface area (Å²) in [7, 11) is 0. The zero-order chi connectivity index (χ0) is 15.5. The molecule has 0 radical (unpaired) electrons. The minimum absolute atomic E-state index is 0.0569. The van der Waals surface area contributed by atoms with Gasteiger partial charge in [-0.05, 0) is 44.0 Å². The lowest BCUT2D eigenvalue weighted by Crippen LogP contribution is -2.58. The first-order valence-corrected chi connectivity index (χ1v) is 8.30. The second kappa shape index (κ2) is 6.90. The van der Waals surface area contributed by atoms with Crippen molar-refractivity contribution in [3.05, 3.63) is 28.2 Å². The van der Waals surface area contributed by atoms with Crippen molar-refractivity contribution in [2.24, 2.45) is 0 Å². The van der Waals surface area contributed by atoms with Gasteiger partial charge in [-0.1, -0.05) is 22.9 Å². The first-order chi connectivity index (χ1) is 9.95. The number of anilines is 1. The highest BCUT2D eigenvalue weighted by molar-refractivity contribution is 9.10. The summed E-state index contributed by atoms with van der Waals surface area (Å²) in [4.78, 5) is 14.9. The van der Waals surface area contributed by atoms with Crippen molar-refractivity contribution < 1.29 is 4.79 Å². The predicted octanol–water partition coefficient (Wildman–Crippen LogP) is 2.63. The van der Waals surface area contributed by atoms with Crippen molar-refractivity contribution in [2.45, 2.75) is 32.7 Å². The van der Waals surface area contributed by atoms with E-state index in [-0.39, 0.29) is 5.91 Å². The van der Waals surface area contributed by atoms with E-state index < -0.39 is 5.54 Å². The third-order valence-electron chi connectivity index (χ3n) is 4.16. The molecule has 4 nitrogen and oxygen atoms in total. The monoisotopic (exact) mass is 353 g/mol. The number of piperazine rings is 1. The van der Waals surface area contributed by atoms with Gasteiger partial charge in [0.1, 0.15) is 0 Å². The number of halogens is 1. The summed E-state index contributed by atoms with van der Waals surface area (Å²) in [6.07, 6.45) is 0.892. The van der Waals surface area contributed by atoms with E-state index in [1.54, 1.807) is 0 Å². The van der Waals surface area contributed by atoms with Crippen molar-refractivity contribution in [1.29, 1.82) is 0 Å². The van der Waals surface area contributed by atoms with Gasteiger partial charge in [0.25, 0.3) is 0 Å². The maximum atomic E-state index is 12.7. The molecular weight excluding hydrogens is 330 g/mol. The quantitative estimate of drug-likeness (QED) is 0.874.